The third-order valence-corrected chi connectivity index (χ3v) is 2.24. The molecule has 0 aliphatic rings. The summed E-state index contributed by atoms with van der Waals surface area (Å²) in [7, 11) is 0. The van der Waals surface area contributed by atoms with Crippen LogP contribution in [0.5, 0.6) is 0 Å². The number of para-hydroxylation sites is 1. The third-order valence-electron chi connectivity index (χ3n) is 2.24. The van der Waals surface area contributed by atoms with E-state index in [1.54, 1.807) is 24.3 Å². The van der Waals surface area contributed by atoms with E-state index < -0.39 is 11.9 Å². The predicted molar refractivity (Wildman–Crippen MR) is 63.9 cm³/mol. The van der Waals surface area contributed by atoms with Crippen molar-refractivity contribution < 1.29 is 14.7 Å². The summed E-state index contributed by atoms with van der Waals surface area (Å²) >= 11 is 0. The Kier molecular flexibility index (Phi) is 3.37. The zero-order valence-electron chi connectivity index (χ0n) is 9.69. The number of amides is 1. The number of carbonyl (C=O) groups is 2. The number of nitrogens with two attached hydrogens (primary N) is 1. The molecule has 1 aromatic carbocycles. The Morgan fingerprint density at radius 2 is 1.89 bits per heavy atom. The Morgan fingerprint density at radius 3 is 2.47 bits per heavy atom. The number of aliphatic carboxylic acids is 1. The normalized spacial score (nSPS) is 10.7. The molecule has 0 atom stereocenters. The highest BCUT2D eigenvalue weighted by molar-refractivity contribution is 5.95. The first-order valence-electron chi connectivity index (χ1n) is 5.29. The Balaban J connectivity index is 2.47. The average molecular weight is 257 g/mol. The standard InChI is InChI=1S/C12H10N4O3/c13-12(19)11-9(6-7-10(17)18)14-16(15-11)8-4-2-1-3-5-8/h1-7H,(H2,13,19)(H,17,18)/p-1/b7-6+. The molecule has 19 heavy (non-hydrogen) atoms. The van der Waals surface area contributed by atoms with Crippen molar-refractivity contribution in [1.29, 1.82) is 0 Å². The van der Waals surface area contributed by atoms with Crippen molar-refractivity contribution >= 4 is 18.0 Å². The molecule has 7 heteroatoms. The molecule has 0 fully saturated rings. The lowest BCUT2D eigenvalue weighted by molar-refractivity contribution is -0.297. The molecule has 2 rings (SSSR count). The van der Waals surface area contributed by atoms with E-state index in [0.29, 0.717) is 5.69 Å². The summed E-state index contributed by atoms with van der Waals surface area (Å²) in [6, 6.07) is 8.84. The zero-order valence-corrected chi connectivity index (χ0v) is 9.69. The maximum atomic E-state index is 11.2. The van der Waals surface area contributed by atoms with Gasteiger partial charge in [-0.3, -0.25) is 4.79 Å². The van der Waals surface area contributed by atoms with Gasteiger partial charge in [0.1, 0.15) is 5.69 Å². The van der Waals surface area contributed by atoms with Gasteiger partial charge in [0.15, 0.2) is 5.69 Å². The minimum Gasteiger partial charge on any atom is -0.545 e. The number of primary amides is 1. The van der Waals surface area contributed by atoms with Gasteiger partial charge in [-0.1, -0.05) is 18.2 Å². The van der Waals surface area contributed by atoms with Crippen molar-refractivity contribution in [3.63, 3.8) is 0 Å². The Labute approximate surface area is 108 Å². The van der Waals surface area contributed by atoms with Crippen LogP contribution in [0.25, 0.3) is 11.8 Å². The molecule has 1 amide bonds. The van der Waals surface area contributed by atoms with Crippen LogP contribution in [-0.4, -0.2) is 26.9 Å². The van der Waals surface area contributed by atoms with Gasteiger partial charge >= 0.3 is 0 Å². The van der Waals surface area contributed by atoms with Gasteiger partial charge in [-0.15, -0.1) is 10.2 Å². The monoisotopic (exact) mass is 257 g/mol. The summed E-state index contributed by atoms with van der Waals surface area (Å²) in [5.41, 5.74) is 5.74. The fourth-order valence-electron chi connectivity index (χ4n) is 1.43. The van der Waals surface area contributed by atoms with Gasteiger partial charge in [0.25, 0.3) is 5.91 Å². The molecule has 0 spiro atoms. The largest absolute Gasteiger partial charge is 0.545 e. The van der Waals surface area contributed by atoms with Crippen LogP contribution in [-0.2, 0) is 4.79 Å². The highest BCUT2D eigenvalue weighted by Gasteiger charge is 2.14. The molecule has 2 aromatic rings. The van der Waals surface area contributed by atoms with E-state index in [2.05, 4.69) is 10.2 Å². The van der Waals surface area contributed by atoms with Crippen molar-refractivity contribution in [3.05, 3.63) is 47.8 Å². The fourth-order valence-corrected chi connectivity index (χ4v) is 1.43. The Morgan fingerprint density at radius 1 is 1.21 bits per heavy atom. The molecule has 7 nitrogen and oxygen atoms in total. The SMILES string of the molecule is NC(=O)c1nn(-c2ccccc2)nc1/C=C/C(=O)[O-]. The van der Waals surface area contributed by atoms with Gasteiger partial charge < -0.3 is 15.6 Å². The lowest BCUT2D eigenvalue weighted by Crippen LogP contribution is -2.18. The topological polar surface area (TPSA) is 114 Å². The Hall–Kier alpha value is -2.96. The molecule has 0 radical (unpaired) electrons. The van der Waals surface area contributed by atoms with E-state index in [0.717, 1.165) is 12.2 Å². The lowest BCUT2D eigenvalue weighted by atomic mass is 10.3. The van der Waals surface area contributed by atoms with E-state index >= 15 is 0 Å². The van der Waals surface area contributed by atoms with Gasteiger partial charge in [-0.25, -0.2) is 0 Å². The minimum atomic E-state index is -1.40. The molecule has 96 valence electrons. The summed E-state index contributed by atoms with van der Waals surface area (Å²) in [6.45, 7) is 0. The van der Waals surface area contributed by atoms with E-state index in [1.807, 2.05) is 6.07 Å². The summed E-state index contributed by atoms with van der Waals surface area (Å²) in [4.78, 5) is 22.8. The second kappa shape index (κ2) is 5.13. The maximum Gasteiger partial charge on any atom is 0.271 e. The second-order valence-electron chi connectivity index (χ2n) is 3.58. The van der Waals surface area contributed by atoms with Gasteiger partial charge in [-0.2, -0.15) is 4.80 Å². The van der Waals surface area contributed by atoms with Crippen LogP contribution in [0.3, 0.4) is 0 Å². The second-order valence-corrected chi connectivity index (χ2v) is 3.58. The van der Waals surface area contributed by atoms with E-state index in [1.165, 1.54) is 4.80 Å². The van der Waals surface area contributed by atoms with Gasteiger partial charge in [-0.05, 0) is 24.3 Å². The molecule has 0 aliphatic heterocycles. The number of carbonyl (C=O) groups excluding carboxylic acids is 2. The fraction of sp³-hybridized carbons (Fsp3) is 0. The van der Waals surface area contributed by atoms with Crippen molar-refractivity contribution in [2.24, 2.45) is 5.73 Å². The summed E-state index contributed by atoms with van der Waals surface area (Å²) in [5.74, 6) is -2.19. The quantitative estimate of drug-likeness (QED) is 0.715. The average Bonchev–Trinajstić information content (AvgIpc) is 2.81. The van der Waals surface area contributed by atoms with Crippen LogP contribution in [0.1, 0.15) is 16.2 Å². The first-order chi connectivity index (χ1) is 9.08. The van der Waals surface area contributed by atoms with Crippen LogP contribution in [0.15, 0.2) is 36.4 Å². The van der Waals surface area contributed by atoms with Crippen LogP contribution in [0.2, 0.25) is 0 Å². The van der Waals surface area contributed by atoms with Crippen LogP contribution >= 0.6 is 0 Å². The molecule has 0 bridgehead atoms. The highest BCUT2D eigenvalue weighted by Crippen LogP contribution is 2.09. The van der Waals surface area contributed by atoms with Crippen molar-refractivity contribution in [2.75, 3.05) is 0 Å². The first kappa shape index (κ1) is 12.5. The molecule has 1 aromatic heterocycles. The number of aromatic nitrogens is 3. The van der Waals surface area contributed by atoms with Crippen molar-refractivity contribution in [3.8, 4) is 5.69 Å². The lowest BCUT2D eigenvalue weighted by Gasteiger charge is -1.96. The number of rotatable bonds is 4. The summed E-state index contributed by atoms with van der Waals surface area (Å²) in [5, 5.41) is 18.3. The summed E-state index contributed by atoms with van der Waals surface area (Å²) < 4.78 is 0. The molecule has 0 aliphatic carbocycles. The number of hydrogen-bond acceptors (Lipinski definition) is 5. The molecular weight excluding hydrogens is 248 g/mol. The van der Waals surface area contributed by atoms with Crippen molar-refractivity contribution in [1.82, 2.24) is 15.0 Å². The molecule has 1 heterocycles. The number of carboxylic acids is 1. The van der Waals surface area contributed by atoms with Crippen LogP contribution in [0.4, 0.5) is 0 Å². The van der Waals surface area contributed by atoms with E-state index in [4.69, 9.17) is 5.73 Å². The first-order valence-corrected chi connectivity index (χ1v) is 5.29. The zero-order chi connectivity index (χ0) is 13.8. The van der Waals surface area contributed by atoms with Crippen molar-refractivity contribution in [2.45, 2.75) is 0 Å². The number of nitrogens with zero attached hydrogens (tertiary/aromatic N) is 3. The molecule has 0 unspecified atom stereocenters. The third kappa shape index (κ3) is 2.83. The number of carboxylic acid groups (broad SMARTS) is 1. The number of benzene rings is 1. The predicted octanol–water partition coefficient (Wildman–Crippen LogP) is -0.871. The van der Waals surface area contributed by atoms with E-state index in [9.17, 15) is 14.7 Å². The minimum absolute atomic E-state index is 0.0700. The molecule has 2 N–H and O–H groups in total. The highest BCUT2D eigenvalue weighted by atomic mass is 16.4. The Bertz CT molecular complexity index is 646. The summed E-state index contributed by atoms with van der Waals surface area (Å²) in [6.07, 6.45) is 1.87. The van der Waals surface area contributed by atoms with Gasteiger partial charge in [0.2, 0.25) is 0 Å². The van der Waals surface area contributed by atoms with Crippen LogP contribution in [0, 0.1) is 0 Å². The number of hydrogen-bond donors (Lipinski definition) is 1. The molecule has 0 saturated heterocycles. The molecule has 0 saturated carbocycles. The van der Waals surface area contributed by atoms with Gasteiger partial charge in [0, 0.05) is 0 Å². The van der Waals surface area contributed by atoms with Crippen LogP contribution < -0.4 is 10.8 Å². The maximum absolute atomic E-state index is 11.2. The van der Waals surface area contributed by atoms with E-state index in [-0.39, 0.29) is 11.4 Å². The smallest absolute Gasteiger partial charge is 0.271 e. The van der Waals surface area contributed by atoms with Gasteiger partial charge in [0.05, 0.1) is 11.7 Å². The molecular formula is C12H9N4O3-.